The first kappa shape index (κ1) is 13.2. The zero-order valence-electron chi connectivity index (χ0n) is 11.6. The third-order valence-corrected chi connectivity index (χ3v) is 3.70. The Balaban J connectivity index is 1.33. The van der Waals surface area contributed by atoms with E-state index in [0.717, 1.165) is 25.2 Å². The van der Waals surface area contributed by atoms with Crippen molar-refractivity contribution in [3.63, 3.8) is 0 Å². The third-order valence-electron chi connectivity index (χ3n) is 3.70. The summed E-state index contributed by atoms with van der Waals surface area (Å²) in [4.78, 5) is 0. The fourth-order valence-electron chi connectivity index (χ4n) is 2.52. The molecule has 0 heterocycles. The lowest BCUT2D eigenvalue weighted by atomic mass is 9.83. The van der Waals surface area contributed by atoms with Gasteiger partial charge in [0.15, 0.2) is 0 Å². The molecule has 0 atom stereocenters. The molecule has 2 aromatic rings. The summed E-state index contributed by atoms with van der Waals surface area (Å²) in [6.45, 7) is 1.55. The second-order valence-corrected chi connectivity index (χ2v) is 5.39. The molecule has 0 unspecified atom stereocenters. The Labute approximate surface area is 120 Å². The first-order chi connectivity index (χ1) is 9.90. The van der Waals surface area contributed by atoms with E-state index in [1.165, 1.54) is 5.56 Å². The molecular weight excluding hydrogens is 248 g/mol. The Hall–Kier alpha value is -1.80. The van der Waals surface area contributed by atoms with Crippen LogP contribution in [-0.2, 0) is 11.3 Å². The van der Waals surface area contributed by atoms with Gasteiger partial charge < -0.3 is 9.47 Å². The number of para-hydroxylation sites is 1. The van der Waals surface area contributed by atoms with Crippen LogP contribution in [0.4, 0.5) is 0 Å². The summed E-state index contributed by atoms with van der Waals surface area (Å²) in [6, 6.07) is 20.4. The van der Waals surface area contributed by atoms with Crippen molar-refractivity contribution in [2.45, 2.75) is 25.6 Å². The summed E-state index contributed by atoms with van der Waals surface area (Å²) in [5.74, 6) is 1.62. The highest BCUT2D eigenvalue weighted by molar-refractivity contribution is 5.21. The monoisotopic (exact) mass is 268 g/mol. The standard InChI is InChI=1S/C18H20O2/c1-3-7-15(8-4-1)13-19-14-16-11-18(12-16)20-17-9-5-2-6-10-17/h1-10,16,18H,11-14H2. The Morgan fingerprint density at radius 1 is 0.850 bits per heavy atom. The topological polar surface area (TPSA) is 18.5 Å². The van der Waals surface area contributed by atoms with Crippen molar-refractivity contribution < 1.29 is 9.47 Å². The molecule has 20 heavy (non-hydrogen) atoms. The minimum absolute atomic E-state index is 0.364. The summed E-state index contributed by atoms with van der Waals surface area (Å²) in [5, 5.41) is 0. The van der Waals surface area contributed by atoms with Gasteiger partial charge in [-0.1, -0.05) is 48.5 Å². The van der Waals surface area contributed by atoms with Gasteiger partial charge in [0.1, 0.15) is 5.75 Å². The van der Waals surface area contributed by atoms with Crippen molar-refractivity contribution in [2.75, 3.05) is 6.61 Å². The van der Waals surface area contributed by atoms with Crippen molar-refractivity contribution in [2.24, 2.45) is 5.92 Å². The first-order valence-corrected chi connectivity index (χ1v) is 7.23. The summed E-state index contributed by atoms with van der Waals surface area (Å²) >= 11 is 0. The molecule has 1 aliphatic carbocycles. The van der Waals surface area contributed by atoms with Crippen molar-refractivity contribution in [1.82, 2.24) is 0 Å². The van der Waals surface area contributed by atoms with E-state index in [-0.39, 0.29) is 0 Å². The molecule has 0 saturated heterocycles. The Kier molecular flexibility index (Phi) is 4.34. The van der Waals surface area contributed by atoms with Gasteiger partial charge in [0, 0.05) is 0 Å². The fourth-order valence-corrected chi connectivity index (χ4v) is 2.52. The molecular formula is C18H20O2. The summed E-state index contributed by atoms with van der Waals surface area (Å²) in [6.07, 6.45) is 2.57. The molecule has 0 aliphatic heterocycles. The number of rotatable bonds is 6. The highest BCUT2D eigenvalue weighted by atomic mass is 16.5. The van der Waals surface area contributed by atoms with E-state index in [1.807, 2.05) is 48.5 Å². The molecule has 2 aromatic carbocycles. The Bertz CT molecular complexity index is 501. The smallest absolute Gasteiger partial charge is 0.119 e. The highest BCUT2D eigenvalue weighted by Gasteiger charge is 2.30. The van der Waals surface area contributed by atoms with E-state index < -0.39 is 0 Å². The molecule has 1 fully saturated rings. The molecule has 104 valence electrons. The lowest BCUT2D eigenvalue weighted by molar-refractivity contribution is -0.00250. The van der Waals surface area contributed by atoms with Crippen LogP contribution >= 0.6 is 0 Å². The lowest BCUT2D eigenvalue weighted by Gasteiger charge is -2.35. The van der Waals surface area contributed by atoms with Gasteiger partial charge in [-0.2, -0.15) is 0 Å². The molecule has 0 bridgehead atoms. The number of benzene rings is 2. The minimum Gasteiger partial charge on any atom is -0.490 e. The van der Waals surface area contributed by atoms with Crippen LogP contribution in [0, 0.1) is 5.92 Å². The van der Waals surface area contributed by atoms with Gasteiger partial charge in [-0.3, -0.25) is 0 Å². The second-order valence-electron chi connectivity index (χ2n) is 5.39. The van der Waals surface area contributed by atoms with Crippen LogP contribution in [0.25, 0.3) is 0 Å². The van der Waals surface area contributed by atoms with Crippen LogP contribution in [0.2, 0.25) is 0 Å². The van der Waals surface area contributed by atoms with Crippen LogP contribution < -0.4 is 4.74 Å². The van der Waals surface area contributed by atoms with Gasteiger partial charge in [0.2, 0.25) is 0 Å². The normalized spacial score (nSPS) is 21.2. The molecule has 0 spiro atoms. The summed E-state index contributed by atoms with van der Waals surface area (Å²) in [5.41, 5.74) is 1.24. The van der Waals surface area contributed by atoms with E-state index in [2.05, 4.69) is 12.1 Å². The van der Waals surface area contributed by atoms with Crippen LogP contribution in [0.3, 0.4) is 0 Å². The molecule has 0 aromatic heterocycles. The van der Waals surface area contributed by atoms with Gasteiger partial charge in [0.25, 0.3) is 0 Å². The molecule has 2 nitrogen and oxygen atoms in total. The van der Waals surface area contributed by atoms with Gasteiger partial charge in [0.05, 0.1) is 19.3 Å². The van der Waals surface area contributed by atoms with Gasteiger partial charge in [-0.25, -0.2) is 0 Å². The van der Waals surface area contributed by atoms with Crippen molar-refractivity contribution in [1.29, 1.82) is 0 Å². The average molecular weight is 268 g/mol. The molecule has 2 heteroatoms. The van der Waals surface area contributed by atoms with E-state index in [1.54, 1.807) is 0 Å². The SMILES string of the molecule is c1ccc(COCC2CC(Oc3ccccc3)C2)cc1. The number of ether oxygens (including phenoxy) is 2. The van der Waals surface area contributed by atoms with Gasteiger partial charge in [-0.05, 0) is 36.5 Å². The van der Waals surface area contributed by atoms with Crippen molar-refractivity contribution >= 4 is 0 Å². The quantitative estimate of drug-likeness (QED) is 0.786. The zero-order valence-corrected chi connectivity index (χ0v) is 11.6. The molecule has 1 aliphatic rings. The summed E-state index contributed by atoms with van der Waals surface area (Å²) in [7, 11) is 0. The number of hydrogen-bond acceptors (Lipinski definition) is 2. The maximum Gasteiger partial charge on any atom is 0.119 e. The molecule has 0 radical (unpaired) electrons. The number of hydrogen-bond donors (Lipinski definition) is 0. The summed E-state index contributed by atoms with van der Waals surface area (Å²) < 4.78 is 11.7. The van der Waals surface area contributed by atoms with Crippen LogP contribution in [-0.4, -0.2) is 12.7 Å². The Morgan fingerprint density at radius 2 is 1.50 bits per heavy atom. The average Bonchev–Trinajstić information content (AvgIpc) is 2.47. The van der Waals surface area contributed by atoms with Crippen molar-refractivity contribution in [3.05, 3.63) is 66.2 Å². The first-order valence-electron chi connectivity index (χ1n) is 7.23. The maximum absolute atomic E-state index is 5.89. The van der Waals surface area contributed by atoms with Crippen LogP contribution in [0.1, 0.15) is 18.4 Å². The Morgan fingerprint density at radius 3 is 2.20 bits per heavy atom. The largest absolute Gasteiger partial charge is 0.490 e. The zero-order chi connectivity index (χ0) is 13.6. The predicted molar refractivity (Wildman–Crippen MR) is 79.7 cm³/mol. The third kappa shape index (κ3) is 3.61. The minimum atomic E-state index is 0.364. The van der Waals surface area contributed by atoms with E-state index in [0.29, 0.717) is 18.6 Å². The fraction of sp³-hybridized carbons (Fsp3) is 0.333. The van der Waals surface area contributed by atoms with Gasteiger partial charge >= 0.3 is 0 Å². The highest BCUT2D eigenvalue weighted by Crippen LogP contribution is 2.31. The molecule has 3 rings (SSSR count). The van der Waals surface area contributed by atoms with E-state index >= 15 is 0 Å². The van der Waals surface area contributed by atoms with E-state index in [4.69, 9.17) is 9.47 Å². The second kappa shape index (κ2) is 6.58. The maximum atomic E-state index is 5.89. The lowest BCUT2D eigenvalue weighted by Crippen LogP contribution is -2.36. The predicted octanol–water partition coefficient (Wildman–Crippen LogP) is 4.06. The van der Waals surface area contributed by atoms with Crippen LogP contribution in [0.5, 0.6) is 5.75 Å². The molecule has 0 amide bonds. The van der Waals surface area contributed by atoms with E-state index in [9.17, 15) is 0 Å². The molecule has 1 saturated carbocycles. The van der Waals surface area contributed by atoms with Crippen molar-refractivity contribution in [3.8, 4) is 5.75 Å². The van der Waals surface area contributed by atoms with Crippen LogP contribution in [0.15, 0.2) is 60.7 Å². The molecule has 0 N–H and O–H groups in total. The van der Waals surface area contributed by atoms with Gasteiger partial charge in [-0.15, -0.1) is 0 Å².